The molecule has 4 N–H and O–H groups in total. The number of nitrogens with two attached hydrogens (primary N) is 1. The Bertz CT molecular complexity index is 549. The summed E-state index contributed by atoms with van der Waals surface area (Å²) in [6, 6.07) is 4.78. The number of hydrogen-bond donors (Lipinski definition) is 3. The summed E-state index contributed by atoms with van der Waals surface area (Å²) < 4.78 is 10.6. The van der Waals surface area contributed by atoms with Crippen LogP contribution in [0.1, 0.15) is 36.5 Å². The fourth-order valence-electron chi connectivity index (χ4n) is 2.11. The Morgan fingerprint density at radius 2 is 2.04 bits per heavy atom. The summed E-state index contributed by atoms with van der Waals surface area (Å²) in [4.78, 5) is 23.6. The summed E-state index contributed by atoms with van der Waals surface area (Å²) in [5.74, 6) is 0.335. The van der Waals surface area contributed by atoms with Gasteiger partial charge >= 0.3 is 0 Å². The van der Waals surface area contributed by atoms with Gasteiger partial charge in [0.05, 0.1) is 7.11 Å². The normalized spacial score (nSPS) is 11.5. The number of methoxy groups -OCH3 is 1. The Morgan fingerprint density at radius 1 is 1.29 bits per heavy atom. The molecule has 0 aromatic heterocycles. The van der Waals surface area contributed by atoms with E-state index in [2.05, 4.69) is 17.6 Å². The first-order chi connectivity index (χ1) is 11.5. The van der Waals surface area contributed by atoms with Gasteiger partial charge in [-0.3, -0.25) is 9.59 Å². The van der Waals surface area contributed by atoms with E-state index in [0.717, 1.165) is 19.3 Å². The highest BCUT2D eigenvalue weighted by Crippen LogP contribution is 2.28. The molecule has 134 valence electrons. The molecule has 0 heterocycles. The Balaban J connectivity index is 2.77. The highest BCUT2D eigenvalue weighted by molar-refractivity contribution is 5.95. The minimum Gasteiger partial charge on any atom is -0.493 e. The van der Waals surface area contributed by atoms with Crippen molar-refractivity contribution >= 4 is 11.8 Å². The summed E-state index contributed by atoms with van der Waals surface area (Å²) in [6.07, 6.45) is 2.92. The number of likely N-dealkylation sites (N-methyl/N-ethyl adjacent to an activating group) is 1. The molecule has 0 bridgehead atoms. The van der Waals surface area contributed by atoms with E-state index in [1.54, 1.807) is 18.2 Å². The van der Waals surface area contributed by atoms with Crippen LogP contribution in [0.15, 0.2) is 18.2 Å². The molecule has 24 heavy (non-hydrogen) atoms. The second-order valence-corrected chi connectivity index (χ2v) is 5.38. The summed E-state index contributed by atoms with van der Waals surface area (Å²) in [5.41, 5.74) is 6.16. The lowest BCUT2D eigenvalue weighted by Gasteiger charge is -2.17. The number of ether oxygens (including phenoxy) is 2. The molecule has 1 atom stereocenters. The van der Waals surface area contributed by atoms with E-state index in [9.17, 15) is 9.59 Å². The van der Waals surface area contributed by atoms with Crippen LogP contribution in [0.4, 0.5) is 0 Å². The Morgan fingerprint density at radius 3 is 2.62 bits per heavy atom. The van der Waals surface area contributed by atoms with Crippen molar-refractivity contribution in [3.05, 3.63) is 23.8 Å². The van der Waals surface area contributed by atoms with Crippen LogP contribution >= 0.6 is 0 Å². The molecule has 0 fully saturated rings. The predicted molar refractivity (Wildman–Crippen MR) is 92.4 cm³/mol. The zero-order valence-corrected chi connectivity index (χ0v) is 14.6. The van der Waals surface area contributed by atoms with E-state index in [-0.39, 0.29) is 24.5 Å². The number of amides is 2. The van der Waals surface area contributed by atoms with Gasteiger partial charge in [-0.1, -0.05) is 19.8 Å². The van der Waals surface area contributed by atoms with E-state index in [4.69, 9.17) is 15.2 Å². The predicted octanol–water partition coefficient (Wildman–Crippen LogP) is 1.07. The van der Waals surface area contributed by atoms with Crippen LogP contribution < -0.4 is 25.8 Å². The van der Waals surface area contributed by atoms with E-state index in [1.165, 1.54) is 14.2 Å². The largest absolute Gasteiger partial charge is 0.493 e. The van der Waals surface area contributed by atoms with Gasteiger partial charge < -0.3 is 25.8 Å². The van der Waals surface area contributed by atoms with Crippen molar-refractivity contribution in [1.82, 2.24) is 10.6 Å². The lowest BCUT2D eigenvalue weighted by atomic mass is 10.1. The van der Waals surface area contributed by atoms with Crippen LogP contribution in [0.2, 0.25) is 0 Å². The minimum atomic E-state index is -0.249. The molecule has 7 nitrogen and oxygen atoms in total. The van der Waals surface area contributed by atoms with Crippen molar-refractivity contribution in [2.75, 3.05) is 27.3 Å². The van der Waals surface area contributed by atoms with Gasteiger partial charge in [0.25, 0.3) is 11.8 Å². The van der Waals surface area contributed by atoms with E-state index < -0.39 is 0 Å². The van der Waals surface area contributed by atoms with Gasteiger partial charge in [-0.2, -0.15) is 0 Å². The molecule has 0 radical (unpaired) electrons. The van der Waals surface area contributed by atoms with Crippen LogP contribution in [0.25, 0.3) is 0 Å². The number of rotatable bonds is 10. The quantitative estimate of drug-likeness (QED) is 0.592. The highest BCUT2D eigenvalue weighted by atomic mass is 16.5. The maximum absolute atomic E-state index is 12.3. The number of carbonyl (C=O) groups is 2. The molecule has 0 saturated heterocycles. The SMILES string of the molecule is CCCCC(CN)NC(=O)c1ccc(OCC(=O)NC)c(OC)c1. The van der Waals surface area contributed by atoms with Gasteiger partial charge in [0.2, 0.25) is 0 Å². The molecule has 1 rings (SSSR count). The van der Waals surface area contributed by atoms with Crippen molar-refractivity contribution < 1.29 is 19.1 Å². The monoisotopic (exact) mass is 337 g/mol. The maximum Gasteiger partial charge on any atom is 0.257 e. The molecule has 0 aliphatic carbocycles. The molecule has 7 heteroatoms. The Kier molecular flexibility index (Phi) is 8.64. The molecule has 2 amide bonds. The second-order valence-electron chi connectivity index (χ2n) is 5.38. The number of carbonyl (C=O) groups excluding carboxylic acids is 2. The summed E-state index contributed by atoms with van der Waals surface area (Å²) in [5, 5.41) is 5.39. The van der Waals surface area contributed by atoms with Crippen LogP contribution in [0, 0.1) is 0 Å². The smallest absolute Gasteiger partial charge is 0.257 e. The first kappa shape index (κ1) is 19.8. The molecule has 0 saturated carbocycles. The lowest BCUT2D eigenvalue weighted by molar-refractivity contribution is -0.122. The molecule has 1 aromatic rings. The first-order valence-corrected chi connectivity index (χ1v) is 8.08. The molecule has 1 aromatic carbocycles. The van der Waals surface area contributed by atoms with Crippen molar-refractivity contribution in [1.29, 1.82) is 0 Å². The van der Waals surface area contributed by atoms with Crippen LogP contribution in [-0.2, 0) is 4.79 Å². The van der Waals surface area contributed by atoms with Crippen LogP contribution in [0.5, 0.6) is 11.5 Å². The number of unbranched alkanes of at least 4 members (excludes halogenated alkanes) is 1. The van der Waals surface area contributed by atoms with Gasteiger partial charge in [0, 0.05) is 25.2 Å². The van der Waals surface area contributed by atoms with Crippen molar-refractivity contribution in [3.63, 3.8) is 0 Å². The molecular formula is C17H27N3O4. The average Bonchev–Trinajstić information content (AvgIpc) is 2.62. The van der Waals surface area contributed by atoms with Crippen molar-refractivity contribution in [2.45, 2.75) is 32.2 Å². The van der Waals surface area contributed by atoms with Gasteiger partial charge in [-0.05, 0) is 24.6 Å². The third-order valence-corrected chi connectivity index (χ3v) is 3.59. The molecule has 0 spiro atoms. The van der Waals surface area contributed by atoms with Crippen LogP contribution in [-0.4, -0.2) is 45.2 Å². The zero-order valence-electron chi connectivity index (χ0n) is 14.6. The van der Waals surface area contributed by atoms with Crippen molar-refractivity contribution in [2.24, 2.45) is 5.73 Å². The minimum absolute atomic E-state index is 0.0485. The van der Waals surface area contributed by atoms with E-state index in [1.807, 2.05) is 0 Å². The zero-order chi connectivity index (χ0) is 17.9. The Labute approximate surface area is 142 Å². The third-order valence-electron chi connectivity index (χ3n) is 3.59. The van der Waals surface area contributed by atoms with Gasteiger partial charge in [0.1, 0.15) is 0 Å². The summed E-state index contributed by atoms with van der Waals surface area (Å²) in [6.45, 7) is 2.37. The summed E-state index contributed by atoms with van der Waals surface area (Å²) in [7, 11) is 3.01. The Hall–Kier alpha value is -2.28. The summed E-state index contributed by atoms with van der Waals surface area (Å²) >= 11 is 0. The first-order valence-electron chi connectivity index (χ1n) is 8.08. The molecule has 0 aliphatic heterocycles. The van der Waals surface area contributed by atoms with Crippen molar-refractivity contribution in [3.8, 4) is 11.5 Å². The standard InChI is InChI=1S/C17H27N3O4/c1-4-5-6-13(10-18)20-17(22)12-7-8-14(15(9-12)23-3)24-11-16(21)19-2/h7-9,13H,4-6,10-11,18H2,1-3H3,(H,19,21)(H,20,22). The molecular weight excluding hydrogens is 310 g/mol. The number of hydrogen-bond acceptors (Lipinski definition) is 5. The topological polar surface area (TPSA) is 103 Å². The average molecular weight is 337 g/mol. The number of nitrogens with one attached hydrogen (secondary N) is 2. The molecule has 0 aliphatic rings. The molecule has 1 unspecified atom stereocenters. The fourth-order valence-corrected chi connectivity index (χ4v) is 2.11. The second kappa shape index (κ2) is 10.5. The van der Waals surface area contributed by atoms with E-state index >= 15 is 0 Å². The van der Waals surface area contributed by atoms with Gasteiger partial charge in [-0.25, -0.2) is 0 Å². The lowest BCUT2D eigenvalue weighted by Crippen LogP contribution is -2.40. The number of benzene rings is 1. The maximum atomic E-state index is 12.3. The van der Waals surface area contributed by atoms with Gasteiger partial charge in [0.15, 0.2) is 18.1 Å². The third kappa shape index (κ3) is 6.08. The fraction of sp³-hybridized carbons (Fsp3) is 0.529. The van der Waals surface area contributed by atoms with Crippen LogP contribution in [0.3, 0.4) is 0 Å². The van der Waals surface area contributed by atoms with E-state index in [0.29, 0.717) is 23.6 Å². The van der Waals surface area contributed by atoms with Gasteiger partial charge in [-0.15, -0.1) is 0 Å². The highest BCUT2D eigenvalue weighted by Gasteiger charge is 2.15.